The first-order valence-corrected chi connectivity index (χ1v) is 6.94. The van der Waals surface area contributed by atoms with Gasteiger partial charge in [0.1, 0.15) is 0 Å². The number of anilines is 1. The van der Waals surface area contributed by atoms with Gasteiger partial charge in [-0.3, -0.25) is 4.79 Å². The predicted molar refractivity (Wildman–Crippen MR) is 79.1 cm³/mol. The number of hydrogen-bond donors (Lipinski definition) is 1. The van der Waals surface area contributed by atoms with Crippen molar-refractivity contribution in [2.24, 2.45) is 11.3 Å². The van der Waals surface area contributed by atoms with Gasteiger partial charge in [-0.2, -0.15) is 0 Å². The van der Waals surface area contributed by atoms with Crippen LogP contribution >= 0.6 is 0 Å². The molecule has 1 amide bonds. The van der Waals surface area contributed by atoms with Crippen molar-refractivity contribution < 1.29 is 4.79 Å². The molecule has 0 bridgehead atoms. The van der Waals surface area contributed by atoms with Crippen molar-refractivity contribution in [2.75, 3.05) is 18.8 Å². The molecule has 0 aliphatic carbocycles. The van der Waals surface area contributed by atoms with E-state index in [-0.39, 0.29) is 11.3 Å². The van der Waals surface area contributed by atoms with Gasteiger partial charge in [0, 0.05) is 24.3 Å². The number of benzene rings is 1. The van der Waals surface area contributed by atoms with Gasteiger partial charge >= 0.3 is 0 Å². The molecule has 3 nitrogen and oxygen atoms in total. The lowest BCUT2D eigenvalue weighted by Crippen LogP contribution is -2.31. The number of hydrogen-bond acceptors (Lipinski definition) is 2. The number of carbonyl (C=O) groups excluding carboxylic acids is 1. The van der Waals surface area contributed by atoms with Gasteiger partial charge in [0.15, 0.2) is 0 Å². The highest BCUT2D eigenvalue weighted by molar-refractivity contribution is 5.95. The molecule has 1 fully saturated rings. The maximum absolute atomic E-state index is 12.5. The lowest BCUT2D eigenvalue weighted by Gasteiger charge is -2.27. The third-order valence-corrected chi connectivity index (χ3v) is 4.23. The summed E-state index contributed by atoms with van der Waals surface area (Å²) in [6, 6.07) is 5.58. The standard InChI is InChI=1S/C16H24N2O/c1-11-5-6-12(9-14(11)17)15(19)18-8-7-13(10-18)16(2,3)4/h5-6,9,13H,7-8,10,17H2,1-4H3. The number of rotatable bonds is 1. The second kappa shape index (κ2) is 4.87. The molecule has 1 aromatic carbocycles. The van der Waals surface area contributed by atoms with Crippen molar-refractivity contribution in [3.63, 3.8) is 0 Å². The van der Waals surface area contributed by atoms with E-state index >= 15 is 0 Å². The smallest absolute Gasteiger partial charge is 0.253 e. The van der Waals surface area contributed by atoms with Crippen LogP contribution in [0.2, 0.25) is 0 Å². The third-order valence-electron chi connectivity index (χ3n) is 4.23. The lowest BCUT2D eigenvalue weighted by atomic mass is 9.80. The van der Waals surface area contributed by atoms with E-state index in [9.17, 15) is 4.79 Å². The summed E-state index contributed by atoms with van der Waals surface area (Å²) in [4.78, 5) is 14.4. The number of nitrogen functional groups attached to an aromatic ring is 1. The SMILES string of the molecule is Cc1ccc(C(=O)N2CCC(C(C)(C)C)C2)cc1N. The Balaban J connectivity index is 2.11. The Labute approximate surface area is 115 Å². The average Bonchev–Trinajstić information content (AvgIpc) is 2.81. The normalized spacial score (nSPS) is 19.8. The van der Waals surface area contributed by atoms with Crippen LogP contribution in [0.15, 0.2) is 18.2 Å². The molecule has 104 valence electrons. The highest BCUT2D eigenvalue weighted by Gasteiger charge is 2.34. The topological polar surface area (TPSA) is 46.3 Å². The summed E-state index contributed by atoms with van der Waals surface area (Å²) < 4.78 is 0. The number of aryl methyl sites for hydroxylation is 1. The molecule has 1 aromatic rings. The molecule has 1 atom stereocenters. The maximum Gasteiger partial charge on any atom is 0.253 e. The van der Waals surface area contributed by atoms with Gasteiger partial charge in [0.2, 0.25) is 0 Å². The van der Waals surface area contributed by atoms with E-state index in [1.807, 2.05) is 24.0 Å². The Morgan fingerprint density at radius 3 is 2.58 bits per heavy atom. The van der Waals surface area contributed by atoms with E-state index in [0.717, 1.165) is 25.1 Å². The minimum atomic E-state index is 0.110. The number of nitrogens with zero attached hydrogens (tertiary/aromatic N) is 1. The first-order chi connectivity index (χ1) is 8.79. The van der Waals surface area contributed by atoms with Crippen LogP contribution < -0.4 is 5.73 Å². The van der Waals surface area contributed by atoms with Crippen LogP contribution in [0.1, 0.15) is 43.1 Å². The number of likely N-dealkylation sites (tertiary alicyclic amines) is 1. The Hall–Kier alpha value is -1.51. The predicted octanol–water partition coefficient (Wildman–Crippen LogP) is 3.09. The average molecular weight is 260 g/mol. The monoisotopic (exact) mass is 260 g/mol. The molecule has 1 unspecified atom stereocenters. The van der Waals surface area contributed by atoms with Crippen molar-refractivity contribution in [1.82, 2.24) is 4.90 Å². The van der Waals surface area contributed by atoms with Gasteiger partial charge in [-0.25, -0.2) is 0 Å². The van der Waals surface area contributed by atoms with Gasteiger partial charge in [-0.05, 0) is 42.4 Å². The minimum Gasteiger partial charge on any atom is -0.398 e. The van der Waals surface area contributed by atoms with Crippen molar-refractivity contribution in [3.8, 4) is 0 Å². The second-order valence-electron chi connectivity index (χ2n) is 6.67. The molecule has 1 aliphatic heterocycles. The Morgan fingerprint density at radius 1 is 1.37 bits per heavy atom. The van der Waals surface area contributed by atoms with Crippen LogP contribution in [-0.4, -0.2) is 23.9 Å². The summed E-state index contributed by atoms with van der Waals surface area (Å²) in [7, 11) is 0. The molecule has 1 saturated heterocycles. The molecule has 2 rings (SSSR count). The maximum atomic E-state index is 12.5. The molecule has 0 saturated carbocycles. The summed E-state index contributed by atoms with van der Waals surface area (Å²) in [5.74, 6) is 0.692. The Kier molecular flexibility index (Phi) is 3.57. The summed E-state index contributed by atoms with van der Waals surface area (Å²) in [6.45, 7) is 10.4. The molecular weight excluding hydrogens is 236 g/mol. The summed E-state index contributed by atoms with van der Waals surface area (Å²) in [6.07, 6.45) is 1.09. The molecule has 0 radical (unpaired) electrons. The lowest BCUT2D eigenvalue weighted by molar-refractivity contribution is 0.0776. The Morgan fingerprint density at radius 2 is 2.05 bits per heavy atom. The van der Waals surface area contributed by atoms with E-state index in [4.69, 9.17) is 5.73 Å². The van der Waals surface area contributed by atoms with E-state index < -0.39 is 0 Å². The van der Waals surface area contributed by atoms with Crippen molar-refractivity contribution in [3.05, 3.63) is 29.3 Å². The molecule has 0 aromatic heterocycles. The van der Waals surface area contributed by atoms with Gasteiger partial charge in [0.05, 0.1) is 0 Å². The summed E-state index contributed by atoms with van der Waals surface area (Å²) in [5, 5.41) is 0. The number of nitrogens with two attached hydrogens (primary N) is 1. The molecule has 1 aliphatic rings. The first-order valence-electron chi connectivity index (χ1n) is 6.94. The van der Waals surface area contributed by atoms with E-state index in [2.05, 4.69) is 20.8 Å². The quantitative estimate of drug-likeness (QED) is 0.789. The number of carbonyl (C=O) groups is 1. The van der Waals surface area contributed by atoms with Crippen molar-refractivity contribution in [2.45, 2.75) is 34.1 Å². The molecule has 2 N–H and O–H groups in total. The molecule has 0 spiro atoms. The van der Waals surface area contributed by atoms with Crippen LogP contribution in [0.4, 0.5) is 5.69 Å². The molecule has 19 heavy (non-hydrogen) atoms. The summed E-state index contributed by atoms with van der Waals surface area (Å²) >= 11 is 0. The van der Waals surface area contributed by atoms with E-state index in [0.29, 0.717) is 17.2 Å². The Bertz CT molecular complexity index is 488. The zero-order valence-electron chi connectivity index (χ0n) is 12.4. The van der Waals surface area contributed by atoms with Crippen LogP contribution in [-0.2, 0) is 0 Å². The van der Waals surface area contributed by atoms with Gasteiger partial charge in [0.25, 0.3) is 5.91 Å². The fraction of sp³-hybridized carbons (Fsp3) is 0.562. The highest BCUT2D eigenvalue weighted by Crippen LogP contribution is 2.34. The zero-order chi connectivity index (χ0) is 14.2. The fourth-order valence-corrected chi connectivity index (χ4v) is 2.61. The molecule has 1 heterocycles. The summed E-state index contributed by atoms with van der Waals surface area (Å²) in [5.41, 5.74) is 8.57. The third kappa shape index (κ3) is 2.91. The van der Waals surface area contributed by atoms with Crippen LogP contribution in [0.25, 0.3) is 0 Å². The highest BCUT2D eigenvalue weighted by atomic mass is 16.2. The van der Waals surface area contributed by atoms with Gasteiger partial charge < -0.3 is 10.6 Å². The zero-order valence-corrected chi connectivity index (χ0v) is 12.4. The van der Waals surface area contributed by atoms with Gasteiger partial charge in [-0.1, -0.05) is 26.8 Å². The van der Waals surface area contributed by atoms with Crippen LogP contribution in [0.3, 0.4) is 0 Å². The molecular formula is C16H24N2O. The molecule has 3 heteroatoms. The van der Waals surface area contributed by atoms with Gasteiger partial charge in [-0.15, -0.1) is 0 Å². The minimum absolute atomic E-state index is 0.110. The largest absolute Gasteiger partial charge is 0.398 e. The van der Waals surface area contributed by atoms with E-state index in [1.54, 1.807) is 6.07 Å². The van der Waals surface area contributed by atoms with Crippen LogP contribution in [0, 0.1) is 18.3 Å². The number of amides is 1. The first kappa shape index (κ1) is 13.9. The second-order valence-corrected chi connectivity index (χ2v) is 6.67. The van der Waals surface area contributed by atoms with Crippen molar-refractivity contribution >= 4 is 11.6 Å². The fourth-order valence-electron chi connectivity index (χ4n) is 2.61. The van der Waals surface area contributed by atoms with E-state index in [1.165, 1.54) is 0 Å². The van der Waals surface area contributed by atoms with Crippen molar-refractivity contribution in [1.29, 1.82) is 0 Å². The van der Waals surface area contributed by atoms with Crippen LogP contribution in [0.5, 0.6) is 0 Å².